The molecule has 0 saturated carbocycles. The van der Waals surface area contributed by atoms with Crippen LogP contribution in [-0.2, 0) is 38.2 Å². The van der Waals surface area contributed by atoms with Crippen molar-refractivity contribution in [2.45, 2.75) is 309 Å². The Kier molecular flexibility index (Phi) is 52.0. The highest BCUT2D eigenvalue weighted by Gasteiger charge is 2.38. The number of carbonyl (C=O) groups excluding carboxylic acids is 4. The fourth-order valence-corrected chi connectivity index (χ4v) is 9.60. The number of quaternary nitrogens is 1. The second-order valence-electron chi connectivity index (χ2n) is 23.1. The number of allylic oxidation sites excluding steroid dienone is 6. The molecule has 11 nitrogen and oxygen atoms in total. The number of ether oxygens (including phenoxy) is 3. The normalized spacial score (nSPS) is 12.1. The molecular formula is C66H121N2O9+. The molecule has 0 aromatic rings. The van der Waals surface area contributed by atoms with Gasteiger partial charge in [0.1, 0.15) is 25.4 Å². The second kappa shape index (κ2) is 54.5. The molecule has 0 atom stereocenters. The number of rotatable bonds is 58. The first-order valence-corrected chi connectivity index (χ1v) is 32.1. The summed E-state index contributed by atoms with van der Waals surface area (Å²) < 4.78 is 17.8. The number of carbonyl (C=O) groups is 5. The summed E-state index contributed by atoms with van der Waals surface area (Å²) in [6.07, 6.45) is 59.8. The topological polar surface area (TPSA) is 145 Å². The van der Waals surface area contributed by atoms with Crippen LogP contribution in [0.4, 0.5) is 0 Å². The van der Waals surface area contributed by atoms with Crippen LogP contribution in [0.2, 0.25) is 0 Å². The predicted octanol–water partition coefficient (Wildman–Crippen LogP) is 17.5. The molecule has 11 heteroatoms. The number of nitrogens with one attached hydrogen (secondary N) is 1. The molecule has 0 aliphatic carbocycles. The minimum absolute atomic E-state index is 0.0532. The molecule has 0 rings (SSSR count). The van der Waals surface area contributed by atoms with Gasteiger partial charge in [0.2, 0.25) is 5.91 Å². The summed E-state index contributed by atoms with van der Waals surface area (Å²) in [5.41, 5.74) is -1.50. The van der Waals surface area contributed by atoms with E-state index < -0.39 is 35.3 Å². The number of unbranched alkanes of at least 4 members (excludes halogenated alkanes) is 33. The predicted molar refractivity (Wildman–Crippen MR) is 321 cm³/mol. The van der Waals surface area contributed by atoms with E-state index in [9.17, 15) is 29.1 Å². The average Bonchev–Trinajstić information content (AvgIpc) is 3.39. The maximum atomic E-state index is 13.7. The molecule has 0 fully saturated rings. The van der Waals surface area contributed by atoms with Crippen LogP contribution in [0.1, 0.15) is 303 Å². The number of likely N-dealkylation sites (N-methyl/N-ethyl adjacent to an activating group) is 1. The van der Waals surface area contributed by atoms with E-state index in [1.165, 1.54) is 116 Å². The van der Waals surface area contributed by atoms with Crippen molar-refractivity contribution in [2.24, 2.45) is 0 Å². The van der Waals surface area contributed by atoms with Crippen LogP contribution >= 0.6 is 0 Å². The van der Waals surface area contributed by atoms with E-state index in [2.05, 4.69) is 62.5 Å². The average molecular weight is 1090 g/mol. The molecule has 0 aromatic heterocycles. The van der Waals surface area contributed by atoms with Crippen molar-refractivity contribution in [1.82, 2.24) is 5.32 Å². The van der Waals surface area contributed by atoms with Gasteiger partial charge in [0.15, 0.2) is 6.54 Å². The van der Waals surface area contributed by atoms with Crippen LogP contribution < -0.4 is 5.32 Å². The summed E-state index contributed by atoms with van der Waals surface area (Å²) in [5.74, 6) is -2.58. The summed E-state index contributed by atoms with van der Waals surface area (Å²) in [5, 5.41) is 12.4. The number of amides is 1. The van der Waals surface area contributed by atoms with E-state index >= 15 is 0 Å². The molecule has 1 amide bonds. The molecule has 0 bridgehead atoms. The second-order valence-corrected chi connectivity index (χ2v) is 23.1. The Bertz CT molecular complexity index is 1370. The van der Waals surface area contributed by atoms with E-state index in [-0.39, 0.29) is 56.5 Å². The van der Waals surface area contributed by atoms with E-state index in [1.54, 1.807) is 14.1 Å². The van der Waals surface area contributed by atoms with E-state index in [4.69, 9.17) is 14.2 Å². The molecule has 2 N–H and O–H groups in total. The van der Waals surface area contributed by atoms with Crippen LogP contribution in [0.15, 0.2) is 36.5 Å². The van der Waals surface area contributed by atoms with Gasteiger partial charge in [0, 0.05) is 32.1 Å². The Balaban J connectivity index is 5.49. The number of hydrogen-bond donors (Lipinski definition) is 2. The molecule has 0 aliphatic heterocycles. The van der Waals surface area contributed by atoms with Crippen molar-refractivity contribution in [3.05, 3.63) is 36.5 Å². The van der Waals surface area contributed by atoms with Gasteiger partial charge in [-0.3, -0.25) is 19.2 Å². The van der Waals surface area contributed by atoms with Crippen LogP contribution in [-0.4, -0.2) is 91.9 Å². The van der Waals surface area contributed by atoms with Crippen molar-refractivity contribution in [1.29, 1.82) is 0 Å². The molecule has 0 spiro atoms. The highest BCUT2D eigenvalue weighted by Crippen LogP contribution is 2.18. The van der Waals surface area contributed by atoms with Gasteiger partial charge in [-0.2, -0.15) is 0 Å². The summed E-state index contributed by atoms with van der Waals surface area (Å²) in [6, 6.07) is 0. The minimum Gasteiger partial charge on any atom is -0.477 e. The first-order chi connectivity index (χ1) is 37.4. The van der Waals surface area contributed by atoms with Crippen molar-refractivity contribution in [2.75, 3.05) is 47.0 Å². The van der Waals surface area contributed by atoms with Crippen LogP contribution in [0.5, 0.6) is 0 Å². The molecule has 0 radical (unpaired) electrons. The van der Waals surface area contributed by atoms with Gasteiger partial charge >= 0.3 is 23.9 Å². The lowest BCUT2D eigenvalue weighted by Gasteiger charge is -2.33. The number of carboxylic acid groups (broad SMARTS) is 1. The van der Waals surface area contributed by atoms with Gasteiger partial charge in [0.05, 0.1) is 20.6 Å². The minimum atomic E-state index is -1.50. The van der Waals surface area contributed by atoms with Gasteiger partial charge in [-0.15, -0.1) is 0 Å². The lowest BCUT2D eigenvalue weighted by atomic mass is 10.0. The highest BCUT2D eigenvalue weighted by atomic mass is 16.6. The smallest absolute Gasteiger partial charge is 0.359 e. The molecule has 448 valence electrons. The van der Waals surface area contributed by atoms with Crippen molar-refractivity contribution >= 4 is 29.8 Å². The molecule has 0 heterocycles. The maximum Gasteiger partial charge on any atom is 0.359 e. The van der Waals surface area contributed by atoms with Crippen molar-refractivity contribution in [3.8, 4) is 0 Å². The Morgan fingerprint density at radius 2 is 0.636 bits per heavy atom. The van der Waals surface area contributed by atoms with E-state index in [0.29, 0.717) is 32.2 Å². The van der Waals surface area contributed by atoms with Gasteiger partial charge < -0.3 is 29.1 Å². The van der Waals surface area contributed by atoms with Gasteiger partial charge in [-0.05, 0) is 96.3 Å². The van der Waals surface area contributed by atoms with Crippen LogP contribution in [0, 0.1) is 0 Å². The lowest BCUT2D eigenvalue weighted by molar-refractivity contribution is -0.883. The van der Waals surface area contributed by atoms with Crippen molar-refractivity contribution < 1.29 is 47.8 Å². The summed E-state index contributed by atoms with van der Waals surface area (Å²) in [6.45, 7) is 6.11. The maximum absolute atomic E-state index is 13.7. The standard InChI is InChI=1S/C66H120N2O9/c1-6-9-12-15-18-21-24-27-30-33-36-39-42-45-48-53-63(72)75-58-66(67-61(69)52-51-56-68(4,5)57-62(70)71,59-76-64(73)54-49-46-43-40-37-34-31-28-25-22-19-16-13-10-7-2)60-77-65(74)55-50-47-44-41-38-35-32-29-26-23-20-17-14-11-8-3/h27-32H,6-26,33-60H2,1-5H3,(H-,67,69,70,71)/p+1/b30-27-,31-28-,32-29-. The van der Waals surface area contributed by atoms with E-state index in [0.717, 1.165) is 116 Å². The number of aliphatic carboxylic acids is 1. The number of nitrogens with zero attached hydrogens (tertiary/aromatic N) is 1. The first-order valence-electron chi connectivity index (χ1n) is 32.1. The summed E-state index contributed by atoms with van der Waals surface area (Å²) in [7, 11) is 3.60. The zero-order valence-corrected chi connectivity index (χ0v) is 50.8. The molecule has 77 heavy (non-hydrogen) atoms. The van der Waals surface area contributed by atoms with Gasteiger partial charge in [-0.25, -0.2) is 4.79 Å². The first kappa shape index (κ1) is 73.5. The van der Waals surface area contributed by atoms with Crippen LogP contribution in [0.3, 0.4) is 0 Å². The Hall–Kier alpha value is -3.47. The van der Waals surface area contributed by atoms with Crippen molar-refractivity contribution in [3.63, 3.8) is 0 Å². The molecule has 0 aromatic carbocycles. The Labute approximate surface area is 473 Å². The monoisotopic (exact) mass is 1090 g/mol. The molecular weight excluding hydrogens is 965 g/mol. The Morgan fingerprint density at radius 3 is 0.909 bits per heavy atom. The van der Waals surface area contributed by atoms with Crippen LogP contribution in [0.25, 0.3) is 0 Å². The Morgan fingerprint density at radius 1 is 0.377 bits per heavy atom. The highest BCUT2D eigenvalue weighted by molar-refractivity contribution is 5.77. The van der Waals surface area contributed by atoms with Gasteiger partial charge in [0.25, 0.3) is 0 Å². The largest absolute Gasteiger partial charge is 0.477 e. The fraction of sp³-hybridized carbons (Fsp3) is 0.833. The SMILES string of the molecule is CCCCCCCC/C=C\CCCCCCCC(=O)OCC(COC(=O)CCCCCCC/C=C\CCCCCCCC)(COC(=O)CCCCCCC/C=C\CCCCCCCC)NC(=O)CCC[N+](C)(C)CC(=O)O. The number of hydrogen-bond acceptors (Lipinski definition) is 8. The quantitative estimate of drug-likeness (QED) is 0.0200. The zero-order chi connectivity index (χ0) is 56.6. The number of esters is 3. The summed E-state index contributed by atoms with van der Waals surface area (Å²) >= 11 is 0. The number of carboxylic acids is 1. The lowest BCUT2D eigenvalue weighted by Crippen LogP contribution is -2.59. The molecule has 0 aliphatic rings. The molecule has 0 unspecified atom stereocenters. The van der Waals surface area contributed by atoms with Gasteiger partial charge in [-0.1, -0.05) is 211 Å². The molecule has 0 saturated heterocycles. The third kappa shape index (κ3) is 53.0. The zero-order valence-electron chi connectivity index (χ0n) is 50.8. The van der Waals surface area contributed by atoms with E-state index in [1.807, 2.05) is 0 Å². The fourth-order valence-electron chi connectivity index (χ4n) is 9.60. The summed E-state index contributed by atoms with van der Waals surface area (Å²) in [4.78, 5) is 65.0. The third-order valence-electron chi connectivity index (χ3n) is 14.6. The third-order valence-corrected chi connectivity index (χ3v) is 14.6.